The standard InChI is InChI=1S/C17H25N3O/c1-13(2)19-10-15-12-20(11-14-5-8-21-9-6-14)17-16(15)4-3-7-18-17/h3-4,7,12-14,19H,5-6,8-11H2,1-2H3. The molecule has 1 fully saturated rings. The molecule has 0 unspecified atom stereocenters. The van der Waals surface area contributed by atoms with E-state index < -0.39 is 0 Å². The molecule has 0 saturated carbocycles. The summed E-state index contributed by atoms with van der Waals surface area (Å²) in [4.78, 5) is 4.60. The number of ether oxygens (including phenoxy) is 1. The largest absolute Gasteiger partial charge is 0.381 e. The van der Waals surface area contributed by atoms with Gasteiger partial charge in [-0.2, -0.15) is 0 Å². The van der Waals surface area contributed by atoms with Crippen LogP contribution in [-0.2, 0) is 17.8 Å². The van der Waals surface area contributed by atoms with Gasteiger partial charge in [0.1, 0.15) is 5.65 Å². The van der Waals surface area contributed by atoms with Crippen molar-refractivity contribution in [3.05, 3.63) is 30.1 Å². The summed E-state index contributed by atoms with van der Waals surface area (Å²) in [7, 11) is 0. The lowest BCUT2D eigenvalue weighted by Crippen LogP contribution is -2.22. The monoisotopic (exact) mass is 287 g/mol. The zero-order valence-corrected chi connectivity index (χ0v) is 13.0. The Morgan fingerprint density at radius 1 is 1.38 bits per heavy atom. The Morgan fingerprint density at radius 2 is 2.19 bits per heavy atom. The molecule has 114 valence electrons. The van der Waals surface area contributed by atoms with Gasteiger partial charge in [0.25, 0.3) is 0 Å². The molecule has 3 heterocycles. The minimum Gasteiger partial charge on any atom is -0.381 e. The van der Waals surface area contributed by atoms with Crippen molar-refractivity contribution in [1.82, 2.24) is 14.9 Å². The summed E-state index contributed by atoms with van der Waals surface area (Å²) in [5.74, 6) is 0.710. The van der Waals surface area contributed by atoms with Gasteiger partial charge >= 0.3 is 0 Å². The van der Waals surface area contributed by atoms with Gasteiger partial charge in [-0.3, -0.25) is 0 Å². The van der Waals surface area contributed by atoms with Crippen molar-refractivity contribution in [2.45, 2.75) is 45.8 Å². The molecule has 1 aliphatic heterocycles. The van der Waals surface area contributed by atoms with Gasteiger partial charge in [-0.15, -0.1) is 0 Å². The van der Waals surface area contributed by atoms with Crippen LogP contribution in [0.25, 0.3) is 11.0 Å². The molecule has 1 saturated heterocycles. The molecule has 2 aromatic rings. The van der Waals surface area contributed by atoms with Crippen LogP contribution in [0.1, 0.15) is 32.3 Å². The predicted molar refractivity (Wildman–Crippen MR) is 85.3 cm³/mol. The van der Waals surface area contributed by atoms with E-state index in [-0.39, 0.29) is 0 Å². The number of aromatic nitrogens is 2. The summed E-state index contributed by atoms with van der Waals surface area (Å²) < 4.78 is 7.80. The van der Waals surface area contributed by atoms with Crippen LogP contribution in [0.2, 0.25) is 0 Å². The fourth-order valence-corrected chi connectivity index (χ4v) is 3.00. The van der Waals surface area contributed by atoms with Gasteiger partial charge in [0, 0.05) is 50.1 Å². The van der Waals surface area contributed by atoms with Crippen LogP contribution in [0.3, 0.4) is 0 Å². The second-order valence-corrected chi connectivity index (χ2v) is 6.27. The van der Waals surface area contributed by atoms with Gasteiger partial charge in [0.2, 0.25) is 0 Å². The number of hydrogen-bond donors (Lipinski definition) is 1. The average molecular weight is 287 g/mol. The molecular formula is C17H25N3O. The normalized spacial score (nSPS) is 16.9. The third-order valence-corrected chi connectivity index (χ3v) is 4.21. The highest BCUT2D eigenvalue weighted by molar-refractivity contribution is 5.80. The van der Waals surface area contributed by atoms with Crippen LogP contribution in [-0.4, -0.2) is 28.8 Å². The van der Waals surface area contributed by atoms with E-state index >= 15 is 0 Å². The minimum absolute atomic E-state index is 0.496. The summed E-state index contributed by atoms with van der Waals surface area (Å²) in [5, 5.41) is 4.79. The first kappa shape index (κ1) is 14.5. The molecule has 1 N–H and O–H groups in total. The van der Waals surface area contributed by atoms with E-state index in [0.717, 1.165) is 44.8 Å². The lowest BCUT2D eigenvalue weighted by molar-refractivity contribution is 0.0616. The quantitative estimate of drug-likeness (QED) is 0.919. The van der Waals surface area contributed by atoms with Crippen molar-refractivity contribution in [2.24, 2.45) is 5.92 Å². The molecule has 4 heteroatoms. The Bertz CT molecular complexity index is 585. The summed E-state index contributed by atoms with van der Waals surface area (Å²) >= 11 is 0. The molecule has 0 atom stereocenters. The predicted octanol–water partition coefficient (Wildman–Crippen LogP) is 2.96. The molecule has 0 aliphatic carbocycles. The van der Waals surface area contributed by atoms with Crippen LogP contribution in [0, 0.1) is 5.92 Å². The molecule has 3 rings (SSSR count). The zero-order valence-electron chi connectivity index (χ0n) is 13.0. The first-order valence-electron chi connectivity index (χ1n) is 7.98. The van der Waals surface area contributed by atoms with Crippen LogP contribution in [0.5, 0.6) is 0 Å². The van der Waals surface area contributed by atoms with Gasteiger partial charge in [-0.1, -0.05) is 13.8 Å². The van der Waals surface area contributed by atoms with E-state index in [2.05, 4.69) is 41.0 Å². The van der Waals surface area contributed by atoms with E-state index in [4.69, 9.17) is 4.74 Å². The van der Waals surface area contributed by atoms with E-state index in [1.165, 1.54) is 10.9 Å². The highest BCUT2D eigenvalue weighted by Crippen LogP contribution is 2.23. The van der Waals surface area contributed by atoms with Gasteiger partial charge in [0.15, 0.2) is 0 Å². The Hall–Kier alpha value is -1.39. The third kappa shape index (κ3) is 3.44. The Labute approximate surface area is 126 Å². The smallest absolute Gasteiger partial charge is 0.140 e. The molecule has 0 bridgehead atoms. The maximum absolute atomic E-state index is 5.46. The van der Waals surface area contributed by atoms with Crippen molar-refractivity contribution in [3.63, 3.8) is 0 Å². The number of nitrogens with zero attached hydrogens (tertiary/aromatic N) is 2. The van der Waals surface area contributed by atoms with Crippen molar-refractivity contribution in [1.29, 1.82) is 0 Å². The Morgan fingerprint density at radius 3 is 2.95 bits per heavy atom. The summed E-state index contributed by atoms with van der Waals surface area (Å²) in [6.45, 7) is 8.12. The molecule has 4 nitrogen and oxygen atoms in total. The molecule has 0 amide bonds. The Balaban J connectivity index is 1.83. The van der Waals surface area contributed by atoms with Crippen LogP contribution in [0.4, 0.5) is 0 Å². The number of fused-ring (bicyclic) bond motifs is 1. The molecule has 0 aromatic carbocycles. The van der Waals surface area contributed by atoms with E-state index in [1.807, 2.05) is 12.3 Å². The van der Waals surface area contributed by atoms with Crippen molar-refractivity contribution in [2.75, 3.05) is 13.2 Å². The van der Waals surface area contributed by atoms with Crippen LogP contribution < -0.4 is 5.32 Å². The van der Waals surface area contributed by atoms with Crippen LogP contribution in [0.15, 0.2) is 24.5 Å². The van der Waals surface area contributed by atoms with Gasteiger partial charge in [0.05, 0.1) is 0 Å². The second kappa shape index (κ2) is 6.58. The van der Waals surface area contributed by atoms with Crippen molar-refractivity contribution in [3.8, 4) is 0 Å². The zero-order chi connectivity index (χ0) is 14.7. The molecule has 0 radical (unpaired) electrons. The van der Waals surface area contributed by atoms with E-state index in [1.54, 1.807) is 0 Å². The lowest BCUT2D eigenvalue weighted by atomic mass is 10.0. The lowest BCUT2D eigenvalue weighted by Gasteiger charge is -2.22. The fraction of sp³-hybridized carbons (Fsp3) is 0.588. The Kier molecular flexibility index (Phi) is 4.56. The maximum atomic E-state index is 5.46. The SMILES string of the molecule is CC(C)NCc1cn(CC2CCOCC2)c2ncccc12. The number of hydrogen-bond acceptors (Lipinski definition) is 3. The molecule has 2 aromatic heterocycles. The first-order valence-corrected chi connectivity index (χ1v) is 7.98. The molecule has 1 aliphatic rings. The van der Waals surface area contributed by atoms with Gasteiger partial charge in [-0.05, 0) is 36.5 Å². The topological polar surface area (TPSA) is 39.1 Å². The van der Waals surface area contributed by atoms with E-state index in [9.17, 15) is 0 Å². The summed E-state index contributed by atoms with van der Waals surface area (Å²) in [6, 6.07) is 4.70. The summed E-state index contributed by atoms with van der Waals surface area (Å²) in [5.41, 5.74) is 2.46. The number of pyridine rings is 1. The number of rotatable bonds is 5. The number of nitrogens with one attached hydrogen (secondary N) is 1. The average Bonchev–Trinajstić information content (AvgIpc) is 2.85. The van der Waals surface area contributed by atoms with Gasteiger partial charge < -0.3 is 14.6 Å². The molecular weight excluding hydrogens is 262 g/mol. The highest BCUT2D eigenvalue weighted by atomic mass is 16.5. The van der Waals surface area contributed by atoms with Crippen molar-refractivity contribution < 1.29 is 4.74 Å². The van der Waals surface area contributed by atoms with Crippen LogP contribution >= 0.6 is 0 Å². The third-order valence-electron chi connectivity index (χ3n) is 4.21. The summed E-state index contributed by atoms with van der Waals surface area (Å²) in [6.07, 6.45) is 6.49. The highest BCUT2D eigenvalue weighted by Gasteiger charge is 2.17. The van der Waals surface area contributed by atoms with Gasteiger partial charge in [-0.25, -0.2) is 4.98 Å². The van der Waals surface area contributed by atoms with E-state index in [0.29, 0.717) is 12.0 Å². The van der Waals surface area contributed by atoms with Crippen molar-refractivity contribution >= 4 is 11.0 Å². The molecule has 0 spiro atoms. The second-order valence-electron chi connectivity index (χ2n) is 6.27. The molecule has 21 heavy (non-hydrogen) atoms. The fourth-order valence-electron chi connectivity index (χ4n) is 3.00. The first-order chi connectivity index (χ1) is 10.2. The maximum Gasteiger partial charge on any atom is 0.140 e. The minimum atomic E-state index is 0.496.